The SMILES string of the molecule is CCN(CCCN(C)C)C(=O)C1(C(N)=S)CCC1. The smallest absolute Gasteiger partial charge is 0.235 e. The molecule has 1 fully saturated rings. The first-order valence-electron chi connectivity index (χ1n) is 6.68. The molecule has 4 nitrogen and oxygen atoms in total. The molecule has 0 bridgehead atoms. The first kappa shape index (κ1) is 15.4. The molecule has 1 saturated carbocycles. The fourth-order valence-corrected chi connectivity index (χ4v) is 2.67. The fourth-order valence-electron chi connectivity index (χ4n) is 2.38. The van der Waals surface area contributed by atoms with Crippen LogP contribution in [-0.4, -0.2) is 54.4 Å². The Hall–Kier alpha value is -0.680. The van der Waals surface area contributed by atoms with Crippen LogP contribution in [0.2, 0.25) is 0 Å². The lowest BCUT2D eigenvalue weighted by Gasteiger charge is -2.42. The molecule has 18 heavy (non-hydrogen) atoms. The van der Waals surface area contributed by atoms with Crippen molar-refractivity contribution in [2.24, 2.45) is 11.1 Å². The van der Waals surface area contributed by atoms with Gasteiger partial charge in [0.1, 0.15) is 0 Å². The summed E-state index contributed by atoms with van der Waals surface area (Å²) in [6, 6.07) is 0. The molecule has 0 unspecified atom stereocenters. The molecule has 1 rings (SSSR count). The third-order valence-corrected chi connectivity index (χ3v) is 4.18. The number of amides is 1. The van der Waals surface area contributed by atoms with Crippen LogP contribution in [0.5, 0.6) is 0 Å². The second kappa shape index (κ2) is 6.48. The highest BCUT2D eigenvalue weighted by Gasteiger charge is 2.48. The molecule has 0 radical (unpaired) electrons. The molecular formula is C13H25N3OS. The van der Waals surface area contributed by atoms with Crippen molar-refractivity contribution in [2.75, 3.05) is 33.7 Å². The van der Waals surface area contributed by atoms with Crippen molar-refractivity contribution < 1.29 is 4.79 Å². The average molecular weight is 271 g/mol. The summed E-state index contributed by atoms with van der Waals surface area (Å²) in [5.41, 5.74) is 5.25. The van der Waals surface area contributed by atoms with Gasteiger partial charge in [0.2, 0.25) is 5.91 Å². The molecular weight excluding hydrogens is 246 g/mol. The minimum atomic E-state index is -0.524. The minimum absolute atomic E-state index is 0.141. The van der Waals surface area contributed by atoms with Crippen LogP contribution in [0.15, 0.2) is 0 Å². The number of rotatable bonds is 7. The molecule has 0 aromatic heterocycles. The molecule has 0 aliphatic heterocycles. The van der Waals surface area contributed by atoms with Crippen molar-refractivity contribution >= 4 is 23.1 Å². The standard InChI is InChI=1S/C13H25N3OS/c1-4-16(10-6-9-15(2)3)12(17)13(11(14)18)7-5-8-13/h4-10H2,1-3H3,(H2,14,18). The number of carbonyl (C=O) groups is 1. The maximum absolute atomic E-state index is 12.5. The van der Waals surface area contributed by atoms with Gasteiger partial charge in [0.05, 0.1) is 10.4 Å². The Morgan fingerprint density at radius 3 is 2.28 bits per heavy atom. The molecule has 1 aliphatic carbocycles. The van der Waals surface area contributed by atoms with Gasteiger partial charge < -0.3 is 15.5 Å². The van der Waals surface area contributed by atoms with Gasteiger partial charge in [-0.1, -0.05) is 18.6 Å². The summed E-state index contributed by atoms with van der Waals surface area (Å²) in [5.74, 6) is 0.141. The number of nitrogens with zero attached hydrogens (tertiary/aromatic N) is 2. The number of hydrogen-bond donors (Lipinski definition) is 1. The van der Waals surface area contributed by atoms with E-state index in [1.54, 1.807) is 0 Å². The molecule has 0 heterocycles. The summed E-state index contributed by atoms with van der Waals surface area (Å²) in [7, 11) is 4.08. The van der Waals surface area contributed by atoms with Crippen molar-refractivity contribution in [1.82, 2.24) is 9.80 Å². The zero-order valence-electron chi connectivity index (χ0n) is 11.7. The second-order valence-corrected chi connectivity index (χ2v) is 5.78. The Morgan fingerprint density at radius 1 is 1.33 bits per heavy atom. The van der Waals surface area contributed by atoms with Crippen molar-refractivity contribution in [1.29, 1.82) is 0 Å². The third-order valence-electron chi connectivity index (χ3n) is 3.79. The van der Waals surface area contributed by atoms with E-state index in [2.05, 4.69) is 4.90 Å². The van der Waals surface area contributed by atoms with E-state index in [0.29, 0.717) is 4.99 Å². The minimum Gasteiger partial charge on any atom is -0.392 e. The summed E-state index contributed by atoms with van der Waals surface area (Å²) < 4.78 is 0. The summed E-state index contributed by atoms with van der Waals surface area (Å²) in [6.45, 7) is 4.53. The molecule has 0 aromatic rings. The topological polar surface area (TPSA) is 49.6 Å². The molecule has 0 saturated heterocycles. The van der Waals surface area contributed by atoms with Crippen molar-refractivity contribution in [2.45, 2.75) is 32.6 Å². The number of nitrogens with two attached hydrogens (primary N) is 1. The Morgan fingerprint density at radius 2 is 1.94 bits per heavy atom. The molecule has 2 N–H and O–H groups in total. The molecule has 104 valence electrons. The lowest BCUT2D eigenvalue weighted by molar-refractivity contribution is -0.141. The van der Waals surface area contributed by atoms with Crippen LogP contribution in [0.1, 0.15) is 32.6 Å². The predicted molar refractivity (Wildman–Crippen MR) is 78.5 cm³/mol. The molecule has 0 aromatic carbocycles. The normalized spacial score (nSPS) is 17.3. The zero-order chi connectivity index (χ0) is 13.8. The molecule has 1 aliphatic rings. The molecule has 5 heteroatoms. The first-order chi connectivity index (χ1) is 8.44. The summed E-state index contributed by atoms with van der Waals surface area (Å²) >= 11 is 5.10. The monoisotopic (exact) mass is 271 g/mol. The van der Waals surface area contributed by atoms with Crippen LogP contribution in [0.4, 0.5) is 0 Å². The van der Waals surface area contributed by atoms with E-state index < -0.39 is 5.41 Å². The van der Waals surface area contributed by atoms with Crippen molar-refractivity contribution in [3.05, 3.63) is 0 Å². The van der Waals surface area contributed by atoms with Crippen LogP contribution in [0.25, 0.3) is 0 Å². The van der Waals surface area contributed by atoms with Crippen LogP contribution in [0.3, 0.4) is 0 Å². The van der Waals surface area contributed by atoms with E-state index in [0.717, 1.165) is 45.3 Å². The van der Waals surface area contributed by atoms with Crippen LogP contribution >= 0.6 is 12.2 Å². The van der Waals surface area contributed by atoms with E-state index in [1.165, 1.54) is 0 Å². The van der Waals surface area contributed by atoms with E-state index in [4.69, 9.17) is 18.0 Å². The van der Waals surface area contributed by atoms with Crippen molar-refractivity contribution in [3.8, 4) is 0 Å². The summed E-state index contributed by atoms with van der Waals surface area (Å²) in [5, 5.41) is 0. The van der Waals surface area contributed by atoms with Gasteiger partial charge in [0.25, 0.3) is 0 Å². The van der Waals surface area contributed by atoms with Gasteiger partial charge >= 0.3 is 0 Å². The van der Waals surface area contributed by atoms with Gasteiger partial charge in [-0.25, -0.2) is 0 Å². The third kappa shape index (κ3) is 3.20. The van der Waals surface area contributed by atoms with Gasteiger partial charge in [0.15, 0.2) is 0 Å². The predicted octanol–water partition coefficient (Wildman–Crippen LogP) is 1.24. The van der Waals surface area contributed by atoms with Gasteiger partial charge in [-0.3, -0.25) is 4.79 Å². The Kier molecular flexibility index (Phi) is 5.53. The van der Waals surface area contributed by atoms with Gasteiger partial charge in [-0.15, -0.1) is 0 Å². The fraction of sp³-hybridized carbons (Fsp3) is 0.846. The van der Waals surface area contributed by atoms with Crippen molar-refractivity contribution in [3.63, 3.8) is 0 Å². The van der Waals surface area contributed by atoms with Crippen LogP contribution in [-0.2, 0) is 4.79 Å². The summed E-state index contributed by atoms with van der Waals surface area (Å²) in [6.07, 6.45) is 3.69. The van der Waals surface area contributed by atoms with E-state index in [9.17, 15) is 4.79 Å². The van der Waals surface area contributed by atoms with E-state index in [-0.39, 0.29) is 5.91 Å². The van der Waals surface area contributed by atoms with Crippen LogP contribution in [0, 0.1) is 5.41 Å². The van der Waals surface area contributed by atoms with Crippen LogP contribution < -0.4 is 5.73 Å². The maximum atomic E-state index is 12.5. The van der Waals surface area contributed by atoms with Gasteiger partial charge in [-0.2, -0.15) is 0 Å². The highest BCUT2D eigenvalue weighted by atomic mass is 32.1. The lowest BCUT2D eigenvalue weighted by atomic mass is 9.67. The van der Waals surface area contributed by atoms with E-state index >= 15 is 0 Å². The molecule has 0 atom stereocenters. The van der Waals surface area contributed by atoms with Gasteiger partial charge in [0, 0.05) is 13.1 Å². The Bertz CT molecular complexity index is 313. The Labute approximate surface area is 115 Å². The molecule has 1 amide bonds. The first-order valence-corrected chi connectivity index (χ1v) is 7.09. The number of carbonyl (C=O) groups excluding carboxylic acids is 1. The zero-order valence-corrected chi connectivity index (χ0v) is 12.6. The highest BCUT2D eigenvalue weighted by molar-refractivity contribution is 7.80. The maximum Gasteiger partial charge on any atom is 0.235 e. The number of thiocarbonyl (C=S) groups is 1. The van der Waals surface area contributed by atoms with E-state index in [1.807, 2.05) is 25.9 Å². The summed E-state index contributed by atoms with van der Waals surface area (Å²) in [4.78, 5) is 17.0. The Balaban J connectivity index is 2.58. The largest absolute Gasteiger partial charge is 0.392 e. The number of hydrogen-bond acceptors (Lipinski definition) is 3. The molecule has 0 spiro atoms. The lowest BCUT2D eigenvalue weighted by Crippen LogP contribution is -2.54. The quantitative estimate of drug-likeness (QED) is 0.708. The highest BCUT2D eigenvalue weighted by Crippen LogP contribution is 2.42. The van der Waals surface area contributed by atoms with Gasteiger partial charge in [-0.05, 0) is 46.8 Å². The second-order valence-electron chi connectivity index (χ2n) is 5.34. The average Bonchev–Trinajstić information content (AvgIpc) is 2.21.